The Kier molecular flexibility index (Phi) is 7.13. The summed E-state index contributed by atoms with van der Waals surface area (Å²) in [6.07, 6.45) is 0.981. The molecule has 0 saturated heterocycles. The molecule has 1 atom stereocenters. The number of nitrogens with zero attached hydrogens (tertiary/aromatic N) is 1. The summed E-state index contributed by atoms with van der Waals surface area (Å²) in [4.78, 5) is 23.6. The molecule has 0 fully saturated rings. The maximum Gasteiger partial charge on any atom is 0.414 e. The molecule has 0 spiro atoms. The zero-order valence-corrected chi connectivity index (χ0v) is 14.4. The molecular formula is C19H21NO6. The van der Waals surface area contributed by atoms with Crippen molar-refractivity contribution in [1.29, 1.82) is 0 Å². The van der Waals surface area contributed by atoms with Crippen molar-refractivity contribution in [3.8, 4) is 5.75 Å². The van der Waals surface area contributed by atoms with Crippen molar-refractivity contribution < 1.29 is 29.4 Å². The van der Waals surface area contributed by atoms with Gasteiger partial charge >= 0.3 is 11.9 Å². The van der Waals surface area contributed by atoms with Crippen LogP contribution in [0.3, 0.4) is 0 Å². The number of ether oxygens (including phenoxy) is 1. The first kappa shape index (κ1) is 19.4. The Morgan fingerprint density at radius 3 is 2.23 bits per heavy atom. The minimum atomic E-state index is -1.82. The van der Waals surface area contributed by atoms with Gasteiger partial charge in [0.05, 0.1) is 13.7 Å². The Morgan fingerprint density at radius 2 is 1.62 bits per heavy atom. The van der Waals surface area contributed by atoms with Crippen LogP contribution in [0.15, 0.2) is 54.6 Å². The standard InChI is InChI=1S/C17H19NO2.C2H2O4/c1-19-18-12-11-14-7-5-6-10-16(14)17(13-18)20-15-8-3-2-4-9-15;3-1(4)2(5)6/h2-10,17H,11-13H2,1H3;(H,3,4)(H,5,6). The highest BCUT2D eigenvalue weighted by Crippen LogP contribution is 2.28. The molecule has 0 aromatic heterocycles. The largest absolute Gasteiger partial charge is 0.484 e. The molecule has 3 rings (SSSR count). The molecule has 1 unspecified atom stereocenters. The number of rotatable bonds is 3. The molecule has 7 nitrogen and oxygen atoms in total. The summed E-state index contributed by atoms with van der Waals surface area (Å²) >= 11 is 0. The maximum absolute atomic E-state index is 9.10. The summed E-state index contributed by atoms with van der Waals surface area (Å²) in [5.74, 6) is -2.75. The number of hydrogen-bond donors (Lipinski definition) is 2. The fraction of sp³-hybridized carbons (Fsp3) is 0.263. The highest BCUT2D eigenvalue weighted by molar-refractivity contribution is 6.27. The molecule has 0 aliphatic carbocycles. The van der Waals surface area contributed by atoms with Crippen LogP contribution in [0, 0.1) is 0 Å². The smallest absolute Gasteiger partial charge is 0.414 e. The number of fused-ring (bicyclic) bond motifs is 1. The number of carboxylic acids is 2. The second-order valence-corrected chi connectivity index (χ2v) is 5.55. The van der Waals surface area contributed by atoms with Crippen molar-refractivity contribution in [2.45, 2.75) is 12.5 Å². The van der Waals surface area contributed by atoms with Crippen molar-refractivity contribution in [1.82, 2.24) is 5.06 Å². The molecule has 0 bridgehead atoms. The number of aliphatic carboxylic acids is 2. The van der Waals surface area contributed by atoms with Crippen molar-refractivity contribution in [2.75, 3.05) is 20.2 Å². The monoisotopic (exact) mass is 359 g/mol. The van der Waals surface area contributed by atoms with Gasteiger partial charge in [-0.2, -0.15) is 5.06 Å². The third-order valence-electron chi connectivity index (χ3n) is 3.86. The molecular weight excluding hydrogens is 338 g/mol. The van der Waals surface area contributed by atoms with E-state index in [1.165, 1.54) is 11.1 Å². The van der Waals surface area contributed by atoms with Gasteiger partial charge < -0.3 is 19.8 Å². The first-order valence-corrected chi connectivity index (χ1v) is 8.06. The van der Waals surface area contributed by atoms with E-state index in [-0.39, 0.29) is 6.10 Å². The summed E-state index contributed by atoms with van der Waals surface area (Å²) in [6.45, 7) is 1.63. The average molecular weight is 359 g/mol. The van der Waals surface area contributed by atoms with E-state index in [2.05, 4.69) is 24.3 Å². The van der Waals surface area contributed by atoms with Crippen molar-refractivity contribution in [2.24, 2.45) is 0 Å². The van der Waals surface area contributed by atoms with E-state index >= 15 is 0 Å². The third-order valence-corrected chi connectivity index (χ3v) is 3.86. The molecule has 1 aliphatic heterocycles. The molecule has 2 aromatic rings. The van der Waals surface area contributed by atoms with Gasteiger partial charge in [-0.05, 0) is 29.7 Å². The zero-order valence-electron chi connectivity index (χ0n) is 14.4. The fourth-order valence-corrected chi connectivity index (χ4v) is 2.63. The molecule has 0 radical (unpaired) electrons. The number of hydrogen-bond acceptors (Lipinski definition) is 5. The summed E-state index contributed by atoms with van der Waals surface area (Å²) in [7, 11) is 1.72. The lowest BCUT2D eigenvalue weighted by molar-refractivity contribution is -0.159. The summed E-state index contributed by atoms with van der Waals surface area (Å²) in [5, 5.41) is 16.7. The number of carbonyl (C=O) groups is 2. The van der Waals surface area contributed by atoms with Crippen LogP contribution in [0.25, 0.3) is 0 Å². The summed E-state index contributed by atoms with van der Waals surface area (Å²) < 4.78 is 6.17. The second kappa shape index (κ2) is 9.55. The van der Waals surface area contributed by atoms with Crippen molar-refractivity contribution in [3.63, 3.8) is 0 Å². The fourth-order valence-electron chi connectivity index (χ4n) is 2.63. The molecule has 7 heteroatoms. The molecule has 2 N–H and O–H groups in total. The van der Waals surface area contributed by atoms with Gasteiger partial charge in [-0.3, -0.25) is 0 Å². The molecule has 2 aromatic carbocycles. The average Bonchev–Trinajstić information content (AvgIpc) is 2.83. The lowest BCUT2D eigenvalue weighted by Gasteiger charge is -2.23. The first-order valence-electron chi connectivity index (χ1n) is 8.06. The van der Waals surface area contributed by atoms with Gasteiger partial charge in [0.1, 0.15) is 11.9 Å². The maximum atomic E-state index is 9.10. The lowest BCUT2D eigenvalue weighted by Crippen LogP contribution is -2.29. The van der Waals surface area contributed by atoms with Crippen molar-refractivity contribution in [3.05, 3.63) is 65.7 Å². The van der Waals surface area contributed by atoms with E-state index in [1.54, 1.807) is 7.11 Å². The zero-order chi connectivity index (χ0) is 18.9. The van der Waals surface area contributed by atoms with E-state index in [4.69, 9.17) is 29.4 Å². The Hall–Kier alpha value is -2.90. The third kappa shape index (κ3) is 5.58. The Morgan fingerprint density at radius 1 is 1.00 bits per heavy atom. The van der Waals surface area contributed by atoms with Crippen LogP contribution in [0.5, 0.6) is 5.75 Å². The van der Waals surface area contributed by atoms with Gasteiger partial charge in [0.2, 0.25) is 0 Å². The quantitative estimate of drug-likeness (QED) is 0.812. The number of hydroxylamine groups is 2. The Labute approximate surface area is 151 Å². The van der Waals surface area contributed by atoms with Gasteiger partial charge in [0, 0.05) is 6.54 Å². The molecule has 0 amide bonds. The lowest BCUT2D eigenvalue weighted by atomic mass is 10.0. The molecule has 1 aliphatic rings. The van der Waals surface area contributed by atoms with Crippen LogP contribution < -0.4 is 4.74 Å². The van der Waals surface area contributed by atoms with Crippen LogP contribution in [0.2, 0.25) is 0 Å². The number of para-hydroxylation sites is 1. The molecule has 1 heterocycles. The minimum absolute atomic E-state index is 0.00366. The van der Waals surface area contributed by atoms with Gasteiger partial charge in [-0.25, -0.2) is 9.59 Å². The Balaban J connectivity index is 0.000000352. The summed E-state index contributed by atoms with van der Waals surface area (Å²) in [5.41, 5.74) is 2.60. The predicted molar refractivity (Wildman–Crippen MR) is 93.8 cm³/mol. The predicted octanol–water partition coefficient (Wildman–Crippen LogP) is 2.38. The topological polar surface area (TPSA) is 96.3 Å². The normalized spacial score (nSPS) is 16.4. The molecule has 26 heavy (non-hydrogen) atoms. The van der Waals surface area contributed by atoms with E-state index < -0.39 is 11.9 Å². The SMILES string of the molecule is CON1CCc2ccccc2C(Oc2ccccc2)C1.O=C(O)C(=O)O. The van der Waals surface area contributed by atoms with Gasteiger partial charge in [-0.1, -0.05) is 42.5 Å². The minimum Gasteiger partial charge on any atom is -0.484 e. The van der Waals surface area contributed by atoms with Crippen LogP contribution >= 0.6 is 0 Å². The Bertz CT molecular complexity index is 722. The van der Waals surface area contributed by atoms with E-state index in [0.717, 1.165) is 25.3 Å². The highest BCUT2D eigenvalue weighted by atomic mass is 16.7. The van der Waals surface area contributed by atoms with Crippen LogP contribution in [0.1, 0.15) is 17.2 Å². The van der Waals surface area contributed by atoms with E-state index in [1.807, 2.05) is 35.4 Å². The van der Waals surface area contributed by atoms with Gasteiger partial charge in [-0.15, -0.1) is 0 Å². The van der Waals surface area contributed by atoms with Gasteiger partial charge in [0.25, 0.3) is 0 Å². The van der Waals surface area contributed by atoms with Crippen LogP contribution in [-0.4, -0.2) is 47.4 Å². The van der Waals surface area contributed by atoms with Crippen molar-refractivity contribution >= 4 is 11.9 Å². The number of benzene rings is 2. The first-order chi connectivity index (χ1) is 12.5. The molecule has 0 saturated carbocycles. The van der Waals surface area contributed by atoms with Crippen LogP contribution in [-0.2, 0) is 20.8 Å². The van der Waals surface area contributed by atoms with E-state index in [0.29, 0.717) is 0 Å². The number of carboxylic acid groups (broad SMARTS) is 2. The summed E-state index contributed by atoms with van der Waals surface area (Å²) in [6, 6.07) is 18.4. The highest BCUT2D eigenvalue weighted by Gasteiger charge is 2.24. The van der Waals surface area contributed by atoms with Gasteiger partial charge in [0.15, 0.2) is 0 Å². The molecule has 138 valence electrons. The van der Waals surface area contributed by atoms with Crippen LogP contribution in [0.4, 0.5) is 0 Å². The van der Waals surface area contributed by atoms with E-state index in [9.17, 15) is 0 Å². The second-order valence-electron chi connectivity index (χ2n) is 5.55.